The van der Waals surface area contributed by atoms with Crippen molar-refractivity contribution in [2.45, 2.75) is 18.9 Å². The van der Waals surface area contributed by atoms with Crippen molar-refractivity contribution in [2.24, 2.45) is 0 Å². The van der Waals surface area contributed by atoms with Crippen LogP contribution >= 0.6 is 27.3 Å². The van der Waals surface area contributed by atoms with Gasteiger partial charge in [0.1, 0.15) is 11.5 Å². The maximum atomic E-state index is 13.5. The van der Waals surface area contributed by atoms with Crippen LogP contribution in [0.2, 0.25) is 0 Å². The van der Waals surface area contributed by atoms with Crippen molar-refractivity contribution in [3.05, 3.63) is 46.4 Å². The van der Waals surface area contributed by atoms with E-state index in [1.165, 1.54) is 11.3 Å². The number of halogens is 1. The van der Waals surface area contributed by atoms with Crippen LogP contribution in [-0.4, -0.2) is 44.4 Å². The number of hydrogen-bond acceptors (Lipinski definition) is 6. The van der Waals surface area contributed by atoms with Crippen LogP contribution in [0.15, 0.2) is 40.9 Å². The number of rotatable bonds is 6. The lowest BCUT2D eigenvalue weighted by molar-refractivity contribution is 0.0917. The van der Waals surface area contributed by atoms with E-state index in [0.29, 0.717) is 28.7 Å². The van der Waals surface area contributed by atoms with Gasteiger partial charge in [-0.2, -0.15) is 0 Å². The second-order valence-electron chi connectivity index (χ2n) is 6.76. The Balaban J connectivity index is 1.74. The lowest BCUT2D eigenvalue weighted by Crippen LogP contribution is -2.37. The molecule has 2 heterocycles. The summed E-state index contributed by atoms with van der Waals surface area (Å²) in [6.07, 6.45) is 1.94. The predicted molar refractivity (Wildman–Crippen MR) is 118 cm³/mol. The standard InChI is InChI=1S/C21H21BrN2O4S/c1-26-16-8-13(9-17(11-16)27-2)20(25)24(12-15-4-3-7-28-15)21-23-18-6-5-14(22)10-19(18)29-21/h5-6,8-11,15H,3-4,7,12H2,1-2H3. The topological polar surface area (TPSA) is 60.9 Å². The van der Waals surface area contributed by atoms with Crippen LogP contribution in [0.1, 0.15) is 23.2 Å². The highest BCUT2D eigenvalue weighted by molar-refractivity contribution is 9.10. The van der Waals surface area contributed by atoms with E-state index in [0.717, 1.165) is 34.1 Å². The Labute approximate surface area is 181 Å². The van der Waals surface area contributed by atoms with Gasteiger partial charge in [0.15, 0.2) is 5.13 Å². The van der Waals surface area contributed by atoms with E-state index in [-0.39, 0.29) is 12.0 Å². The number of fused-ring (bicyclic) bond motifs is 1. The predicted octanol–water partition coefficient (Wildman–Crippen LogP) is 4.90. The van der Waals surface area contributed by atoms with Gasteiger partial charge < -0.3 is 14.2 Å². The lowest BCUT2D eigenvalue weighted by atomic mass is 10.1. The van der Waals surface area contributed by atoms with E-state index in [2.05, 4.69) is 15.9 Å². The molecule has 1 aromatic heterocycles. The molecule has 0 bridgehead atoms. The molecule has 0 aliphatic carbocycles. The second kappa shape index (κ2) is 8.69. The molecule has 0 saturated carbocycles. The molecule has 0 radical (unpaired) electrons. The molecule has 0 spiro atoms. The first-order valence-corrected chi connectivity index (χ1v) is 10.9. The van der Waals surface area contributed by atoms with Crippen molar-refractivity contribution in [3.8, 4) is 11.5 Å². The van der Waals surface area contributed by atoms with E-state index < -0.39 is 0 Å². The number of thiazole rings is 1. The highest BCUT2D eigenvalue weighted by atomic mass is 79.9. The third-order valence-corrected chi connectivity index (χ3v) is 6.36. The van der Waals surface area contributed by atoms with Gasteiger partial charge in [-0.1, -0.05) is 27.3 Å². The zero-order valence-corrected chi connectivity index (χ0v) is 18.6. The van der Waals surface area contributed by atoms with Crippen molar-refractivity contribution in [2.75, 3.05) is 32.3 Å². The van der Waals surface area contributed by atoms with Gasteiger partial charge in [0.2, 0.25) is 0 Å². The molecule has 6 nitrogen and oxygen atoms in total. The lowest BCUT2D eigenvalue weighted by Gasteiger charge is -2.23. The molecule has 8 heteroatoms. The minimum atomic E-state index is -0.157. The second-order valence-corrected chi connectivity index (χ2v) is 8.69. The summed E-state index contributed by atoms with van der Waals surface area (Å²) < 4.78 is 18.5. The zero-order valence-electron chi connectivity index (χ0n) is 16.2. The third kappa shape index (κ3) is 4.39. The normalized spacial score (nSPS) is 16.2. The van der Waals surface area contributed by atoms with Crippen molar-refractivity contribution in [1.29, 1.82) is 0 Å². The quantitative estimate of drug-likeness (QED) is 0.506. The number of aromatic nitrogens is 1. The number of ether oxygens (including phenoxy) is 3. The van der Waals surface area contributed by atoms with E-state index in [9.17, 15) is 4.79 Å². The van der Waals surface area contributed by atoms with Crippen LogP contribution in [0.3, 0.4) is 0 Å². The van der Waals surface area contributed by atoms with Crippen molar-refractivity contribution in [3.63, 3.8) is 0 Å². The van der Waals surface area contributed by atoms with Crippen molar-refractivity contribution in [1.82, 2.24) is 4.98 Å². The molecule has 152 valence electrons. The molecule has 1 saturated heterocycles. The molecule has 0 N–H and O–H groups in total. The average molecular weight is 477 g/mol. The first kappa shape index (κ1) is 20.1. The molecule has 1 fully saturated rings. The summed E-state index contributed by atoms with van der Waals surface area (Å²) in [6, 6.07) is 11.1. The fourth-order valence-electron chi connectivity index (χ4n) is 3.33. The average Bonchev–Trinajstić information content (AvgIpc) is 3.40. The van der Waals surface area contributed by atoms with Crippen molar-refractivity contribution >= 4 is 48.5 Å². The molecule has 1 atom stereocenters. The molecule has 1 unspecified atom stereocenters. The Hall–Kier alpha value is -2.16. The van der Waals surface area contributed by atoms with E-state index in [4.69, 9.17) is 19.2 Å². The van der Waals surface area contributed by atoms with E-state index in [1.54, 1.807) is 37.3 Å². The van der Waals surface area contributed by atoms with Crippen LogP contribution in [-0.2, 0) is 4.74 Å². The molecule has 1 aliphatic heterocycles. The Morgan fingerprint density at radius 1 is 1.24 bits per heavy atom. The van der Waals surface area contributed by atoms with Crippen LogP contribution < -0.4 is 14.4 Å². The maximum absolute atomic E-state index is 13.5. The van der Waals surface area contributed by atoms with Gasteiger partial charge in [-0.15, -0.1) is 0 Å². The van der Waals surface area contributed by atoms with Gasteiger partial charge in [-0.3, -0.25) is 9.69 Å². The van der Waals surface area contributed by atoms with Gasteiger partial charge in [-0.05, 0) is 43.2 Å². The third-order valence-electron chi connectivity index (χ3n) is 4.82. The molecule has 1 aliphatic rings. The summed E-state index contributed by atoms with van der Waals surface area (Å²) >= 11 is 4.99. The highest BCUT2D eigenvalue weighted by Crippen LogP contribution is 2.33. The smallest absolute Gasteiger partial charge is 0.260 e. The molecule has 1 amide bonds. The minimum absolute atomic E-state index is 0.00482. The maximum Gasteiger partial charge on any atom is 0.260 e. The van der Waals surface area contributed by atoms with Crippen LogP contribution in [0.5, 0.6) is 11.5 Å². The SMILES string of the molecule is COc1cc(OC)cc(C(=O)N(CC2CCCO2)c2nc3ccc(Br)cc3s2)c1. The summed E-state index contributed by atoms with van der Waals surface area (Å²) in [7, 11) is 3.14. The first-order valence-electron chi connectivity index (χ1n) is 9.30. The molecule has 3 aromatic rings. The van der Waals surface area contributed by atoms with Gasteiger partial charge in [-0.25, -0.2) is 4.98 Å². The zero-order chi connectivity index (χ0) is 20.4. The fraction of sp³-hybridized carbons (Fsp3) is 0.333. The van der Waals surface area contributed by atoms with Gasteiger partial charge >= 0.3 is 0 Å². The largest absolute Gasteiger partial charge is 0.497 e. The van der Waals surface area contributed by atoms with Gasteiger partial charge in [0.05, 0.1) is 37.1 Å². The Morgan fingerprint density at radius 2 is 2.00 bits per heavy atom. The van der Waals surface area contributed by atoms with Crippen LogP contribution in [0, 0.1) is 0 Å². The molecule has 29 heavy (non-hydrogen) atoms. The Morgan fingerprint density at radius 3 is 2.66 bits per heavy atom. The molecular weight excluding hydrogens is 456 g/mol. The van der Waals surface area contributed by atoms with Crippen molar-refractivity contribution < 1.29 is 19.0 Å². The number of methoxy groups -OCH3 is 2. The van der Waals surface area contributed by atoms with Gasteiger partial charge in [0.25, 0.3) is 5.91 Å². The minimum Gasteiger partial charge on any atom is -0.497 e. The molecule has 4 rings (SSSR count). The van der Waals surface area contributed by atoms with Crippen LogP contribution in [0.4, 0.5) is 5.13 Å². The number of carbonyl (C=O) groups is 1. The monoisotopic (exact) mass is 476 g/mol. The van der Waals surface area contributed by atoms with Gasteiger partial charge in [0, 0.05) is 22.7 Å². The summed E-state index contributed by atoms with van der Waals surface area (Å²) in [6.45, 7) is 1.19. The summed E-state index contributed by atoms with van der Waals surface area (Å²) in [5.41, 5.74) is 1.35. The van der Waals surface area contributed by atoms with Crippen LogP contribution in [0.25, 0.3) is 10.2 Å². The summed E-state index contributed by atoms with van der Waals surface area (Å²) in [5.74, 6) is 0.979. The fourth-order valence-corrected chi connectivity index (χ4v) is 4.85. The number of carbonyl (C=O) groups excluding carboxylic acids is 1. The Kier molecular flexibility index (Phi) is 6.03. The number of benzene rings is 2. The summed E-state index contributed by atoms with van der Waals surface area (Å²) in [5, 5.41) is 0.653. The summed E-state index contributed by atoms with van der Waals surface area (Å²) in [4.78, 5) is 20.0. The number of anilines is 1. The van der Waals surface area contributed by atoms with E-state index >= 15 is 0 Å². The number of hydrogen-bond donors (Lipinski definition) is 0. The molecular formula is C21H21BrN2O4S. The van der Waals surface area contributed by atoms with E-state index in [1.807, 2.05) is 18.2 Å². The number of amides is 1. The number of nitrogens with zero attached hydrogens (tertiary/aromatic N) is 2. The molecule has 2 aromatic carbocycles. The Bertz CT molecular complexity index is 1010. The first-order chi connectivity index (χ1) is 14.1. The highest BCUT2D eigenvalue weighted by Gasteiger charge is 2.27.